The molecule has 26 heavy (non-hydrogen) atoms. The van der Waals surface area contributed by atoms with Crippen LogP contribution in [0.3, 0.4) is 0 Å². The van der Waals surface area contributed by atoms with E-state index in [9.17, 15) is 9.59 Å². The molecule has 4 fully saturated rings. The van der Waals surface area contributed by atoms with Crippen LogP contribution >= 0.6 is 23.2 Å². The zero-order valence-electron chi connectivity index (χ0n) is 14.6. The molecule has 1 aromatic carbocycles. The number of amides is 1. The van der Waals surface area contributed by atoms with Gasteiger partial charge in [0.05, 0.1) is 11.4 Å². The summed E-state index contributed by atoms with van der Waals surface area (Å²) in [7, 11) is 0. The van der Waals surface area contributed by atoms with Crippen LogP contribution in [0.25, 0.3) is 0 Å². The van der Waals surface area contributed by atoms with Crippen molar-refractivity contribution >= 4 is 35.1 Å². The van der Waals surface area contributed by atoms with Gasteiger partial charge in [-0.15, -0.1) is 0 Å². The fourth-order valence-corrected chi connectivity index (χ4v) is 6.03. The first kappa shape index (κ1) is 18.1. The van der Waals surface area contributed by atoms with Crippen LogP contribution in [0.1, 0.15) is 44.9 Å². The number of ether oxygens (including phenoxy) is 1. The molecule has 0 saturated heterocycles. The first-order chi connectivity index (χ1) is 12.4. The van der Waals surface area contributed by atoms with Gasteiger partial charge in [-0.2, -0.15) is 0 Å². The second-order valence-corrected chi connectivity index (χ2v) is 9.10. The van der Waals surface area contributed by atoms with Gasteiger partial charge in [0, 0.05) is 17.0 Å². The third-order valence-corrected chi connectivity index (χ3v) is 6.78. The fourth-order valence-electron chi connectivity index (χ4n) is 5.59. The van der Waals surface area contributed by atoms with Crippen LogP contribution < -0.4 is 10.1 Å². The van der Waals surface area contributed by atoms with Crippen molar-refractivity contribution in [3.63, 3.8) is 0 Å². The summed E-state index contributed by atoms with van der Waals surface area (Å²) in [5.41, 5.74) is -0.182. The molecular weight excluding hydrogens is 373 g/mol. The quantitative estimate of drug-likeness (QED) is 0.584. The highest BCUT2D eigenvalue weighted by molar-refractivity contribution is 6.35. The highest BCUT2D eigenvalue weighted by atomic mass is 35.5. The van der Waals surface area contributed by atoms with E-state index in [0.29, 0.717) is 16.6 Å². The van der Waals surface area contributed by atoms with Crippen LogP contribution in [0.2, 0.25) is 10.0 Å². The lowest BCUT2D eigenvalue weighted by Crippen LogP contribution is -2.53. The van der Waals surface area contributed by atoms with Gasteiger partial charge in [0.2, 0.25) is 5.91 Å². The van der Waals surface area contributed by atoms with Gasteiger partial charge in [-0.3, -0.25) is 9.59 Å². The van der Waals surface area contributed by atoms with E-state index in [0.717, 1.165) is 37.0 Å². The summed E-state index contributed by atoms with van der Waals surface area (Å²) >= 11 is 11.8. The fraction of sp³-hybridized carbons (Fsp3) is 0.600. The zero-order chi connectivity index (χ0) is 18.3. The summed E-state index contributed by atoms with van der Waals surface area (Å²) in [4.78, 5) is 24.8. The van der Waals surface area contributed by atoms with E-state index in [1.807, 2.05) is 0 Å². The minimum absolute atomic E-state index is 0.122. The summed E-state index contributed by atoms with van der Waals surface area (Å²) in [6.07, 6.45) is 7.11. The number of carbonyl (C=O) groups is 2. The summed E-state index contributed by atoms with van der Waals surface area (Å²) in [6, 6.07) is 4.71. The Hall–Kier alpha value is -1.26. The normalized spacial score (nSPS) is 31.7. The lowest BCUT2D eigenvalue weighted by molar-refractivity contribution is -0.146. The van der Waals surface area contributed by atoms with E-state index in [1.165, 1.54) is 25.3 Å². The van der Waals surface area contributed by atoms with Crippen molar-refractivity contribution in [2.45, 2.75) is 44.9 Å². The third kappa shape index (κ3) is 3.59. The second kappa shape index (κ2) is 7.05. The van der Waals surface area contributed by atoms with Crippen LogP contribution in [0, 0.1) is 23.2 Å². The molecule has 5 rings (SSSR count). The molecule has 0 aliphatic heterocycles. The van der Waals surface area contributed by atoms with E-state index in [-0.39, 0.29) is 23.5 Å². The monoisotopic (exact) mass is 395 g/mol. The molecule has 1 aromatic rings. The molecule has 1 amide bonds. The Balaban J connectivity index is 1.28. The van der Waals surface area contributed by atoms with Crippen LogP contribution in [-0.2, 0) is 9.59 Å². The molecule has 4 bridgehead atoms. The molecule has 4 aliphatic rings. The Kier molecular flexibility index (Phi) is 4.91. The predicted octanol–water partition coefficient (Wildman–Crippen LogP) is 4.62. The molecule has 0 radical (unpaired) electrons. The second-order valence-electron chi connectivity index (χ2n) is 8.25. The van der Waals surface area contributed by atoms with Gasteiger partial charge < -0.3 is 10.1 Å². The molecule has 0 aromatic heterocycles. The third-order valence-electron chi connectivity index (χ3n) is 6.25. The highest BCUT2D eigenvalue weighted by Gasteiger charge is 2.54. The smallest absolute Gasteiger partial charge is 0.313 e. The highest BCUT2D eigenvalue weighted by Crippen LogP contribution is 2.60. The number of halogens is 2. The molecule has 140 valence electrons. The molecule has 6 heteroatoms. The van der Waals surface area contributed by atoms with E-state index < -0.39 is 5.97 Å². The number of benzene rings is 1. The zero-order valence-corrected chi connectivity index (χ0v) is 16.1. The number of hydrogen-bond acceptors (Lipinski definition) is 3. The van der Waals surface area contributed by atoms with Crippen molar-refractivity contribution in [2.75, 3.05) is 6.54 Å². The van der Waals surface area contributed by atoms with Gasteiger partial charge in [-0.05, 0) is 74.5 Å². The molecule has 4 saturated carbocycles. The topological polar surface area (TPSA) is 55.4 Å². The van der Waals surface area contributed by atoms with E-state index >= 15 is 0 Å². The molecule has 0 atom stereocenters. The summed E-state index contributed by atoms with van der Waals surface area (Å²) < 4.78 is 5.25. The standard InChI is InChI=1S/C20H23Cl2NO3/c21-15-1-2-17(16(22)8-15)26-18(24)3-4-23-19(25)20-9-12-5-13(10-20)7-14(6-12)11-20/h1-2,8,12-14H,3-7,9-11H2,(H,23,25). The number of rotatable bonds is 5. The Morgan fingerprint density at radius 2 is 1.69 bits per heavy atom. The maximum atomic E-state index is 12.8. The van der Waals surface area contributed by atoms with Crippen LogP contribution in [0.4, 0.5) is 0 Å². The lowest BCUT2D eigenvalue weighted by atomic mass is 9.49. The van der Waals surface area contributed by atoms with Gasteiger partial charge in [-0.1, -0.05) is 23.2 Å². The minimum Gasteiger partial charge on any atom is -0.425 e. The van der Waals surface area contributed by atoms with Crippen molar-refractivity contribution in [1.82, 2.24) is 5.32 Å². The molecule has 4 aliphatic carbocycles. The van der Waals surface area contributed by atoms with Crippen LogP contribution in [0.15, 0.2) is 18.2 Å². The number of carbonyl (C=O) groups excluding carboxylic acids is 2. The predicted molar refractivity (Wildman–Crippen MR) is 100 cm³/mol. The van der Waals surface area contributed by atoms with Crippen molar-refractivity contribution in [3.8, 4) is 5.75 Å². The minimum atomic E-state index is -0.417. The first-order valence-corrected chi connectivity index (χ1v) is 10.1. The molecular formula is C20H23Cl2NO3. The summed E-state index contributed by atoms with van der Waals surface area (Å²) in [5, 5.41) is 3.77. The Morgan fingerprint density at radius 1 is 1.08 bits per heavy atom. The van der Waals surface area contributed by atoms with Gasteiger partial charge in [0.25, 0.3) is 0 Å². The lowest BCUT2D eigenvalue weighted by Gasteiger charge is -2.55. The Labute approximate surface area is 163 Å². The van der Waals surface area contributed by atoms with Gasteiger partial charge in [-0.25, -0.2) is 0 Å². The van der Waals surface area contributed by atoms with Gasteiger partial charge >= 0.3 is 5.97 Å². The number of nitrogens with one attached hydrogen (secondary N) is 1. The van der Waals surface area contributed by atoms with Crippen molar-refractivity contribution in [2.24, 2.45) is 23.2 Å². The molecule has 4 nitrogen and oxygen atoms in total. The Bertz CT molecular complexity index is 698. The number of esters is 1. The summed E-state index contributed by atoms with van der Waals surface area (Å²) in [5.74, 6) is 2.18. The molecule has 0 unspecified atom stereocenters. The van der Waals surface area contributed by atoms with E-state index in [2.05, 4.69) is 5.32 Å². The Morgan fingerprint density at radius 3 is 2.27 bits per heavy atom. The van der Waals surface area contributed by atoms with Gasteiger partial charge in [0.1, 0.15) is 5.75 Å². The molecule has 0 heterocycles. The van der Waals surface area contributed by atoms with Crippen LogP contribution in [0.5, 0.6) is 5.75 Å². The van der Waals surface area contributed by atoms with Crippen molar-refractivity contribution < 1.29 is 14.3 Å². The van der Waals surface area contributed by atoms with Crippen molar-refractivity contribution in [3.05, 3.63) is 28.2 Å². The van der Waals surface area contributed by atoms with E-state index in [1.54, 1.807) is 12.1 Å². The average molecular weight is 396 g/mol. The largest absolute Gasteiger partial charge is 0.425 e. The maximum Gasteiger partial charge on any atom is 0.313 e. The van der Waals surface area contributed by atoms with Crippen molar-refractivity contribution in [1.29, 1.82) is 0 Å². The van der Waals surface area contributed by atoms with E-state index in [4.69, 9.17) is 27.9 Å². The van der Waals surface area contributed by atoms with Crippen LogP contribution in [-0.4, -0.2) is 18.4 Å². The number of hydrogen-bond donors (Lipinski definition) is 1. The molecule has 1 N–H and O–H groups in total. The average Bonchev–Trinajstić information content (AvgIpc) is 2.56. The first-order valence-electron chi connectivity index (χ1n) is 9.37. The molecule has 0 spiro atoms. The summed E-state index contributed by atoms with van der Waals surface area (Å²) in [6.45, 7) is 0.296. The maximum absolute atomic E-state index is 12.8. The van der Waals surface area contributed by atoms with Gasteiger partial charge in [0.15, 0.2) is 0 Å². The SMILES string of the molecule is O=C(CCNC(=O)C12CC3CC(CC(C3)C1)C2)Oc1ccc(Cl)cc1Cl.